The second-order valence-electron chi connectivity index (χ2n) is 3.48. The zero-order valence-electron chi connectivity index (χ0n) is 9.29. The number of hydrogen-bond acceptors (Lipinski definition) is 5. The van der Waals surface area contributed by atoms with Gasteiger partial charge in [-0.3, -0.25) is 0 Å². The molecular weight excluding hydrogens is 374 g/mol. The van der Waals surface area contributed by atoms with Crippen molar-refractivity contribution in [3.05, 3.63) is 37.8 Å². The summed E-state index contributed by atoms with van der Waals surface area (Å²) in [5, 5.41) is 10.6. The first-order chi connectivity index (χ1) is 8.88. The van der Waals surface area contributed by atoms with E-state index in [0.29, 0.717) is 0 Å². The van der Waals surface area contributed by atoms with Gasteiger partial charge in [0, 0.05) is 21.3 Å². The number of carboxylic acid groups (broad SMARTS) is 1. The summed E-state index contributed by atoms with van der Waals surface area (Å²) in [5.74, 6) is -1.13. The average Bonchev–Trinajstić information content (AvgIpc) is 2.95. The van der Waals surface area contributed by atoms with Gasteiger partial charge >= 0.3 is 5.97 Å². The minimum absolute atomic E-state index is 0.000483. The second-order valence-corrected chi connectivity index (χ2v) is 8.47. The second kappa shape index (κ2) is 5.71. The number of carboxylic acids is 1. The van der Waals surface area contributed by atoms with Crippen LogP contribution in [0.5, 0.6) is 0 Å². The molecule has 102 valence electrons. The Morgan fingerprint density at radius 3 is 2.68 bits per heavy atom. The third kappa shape index (κ3) is 3.63. The van der Waals surface area contributed by atoms with Crippen molar-refractivity contribution in [1.29, 1.82) is 0 Å². The molecule has 0 spiro atoms. The summed E-state index contributed by atoms with van der Waals surface area (Å²) in [6.45, 7) is 0.179. The summed E-state index contributed by atoms with van der Waals surface area (Å²) < 4.78 is 27.2. The van der Waals surface area contributed by atoms with Gasteiger partial charge in [0.15, 0.2) is 0 Å². The Hall–Kier alpha value is -0.740. The van der Waals surface area contributed by atoms with Gasteiger partial charge in [0.05, 0.1) is 0 Å². The highest BCUT2D eigenvalue weighted by atomic mass is 79.9. The van der Waals surface area contributed by atoms with Crippen LogP contribution >= 0.6 is 38.6 Å². The van der Waals surface area contributed by atoms with Crippen LogP contribution in [0.15, 0.2) is 32.3 Å². The summed E-state index contributed by atoms with van der Waals surface area (Å²) >= 11 is 5.45. The zero-order valence-corrected chi connectivity index (χ0v) is 13.3. The molecule has 0 aromatic carbocycles. The summed E-state index contributed by atoms with van der Waals surface area (Å²) in [4.78, 5) is 11.6. The van der Waals surface area contributed by atoms with Crippen LogP contribution in [0, 0.1) is 0 Å². The molecule has 2 aromatic heterocycles. The summed E-state index contributed by atoms with van der Waals surface area (Å²) in [6, 6.07) is 4.40. The lowest BCUT2D eigenvalue weighted by molar-refractivity contribution is 0.0702. The number of rotatable bonds is 5. The Morgan fingerprint density at radius 1 is 1.42 bits per heavy atom. The zero-order chi connectivity index (χ0) is 14.0. The van der Waals surface area contributed by atoms with Crippen molar-refractivity contribution in [3.8, 4) is 0 Å². The Labute approximate surface area is 126 Å². The van der Waals surface area contributed by atoms with Crippen molar-refractivity contribution in [2.75, 3.05) is 0 Å². The Kier molecular flexibility index (Phi) is 4.41. The molecule has 19 heavy (non-hydrogen) atoms. The number of halogens is 1. The van der Waals surface area contributed by atoms with Crippen LogP contribution in [0.4, 0.5) is 0 Å². The van der Waals surface area contributed by atoms with Crippen LogP contribution < -0.4 is 4.72 Å². The molecule has 0 bridgehead atoms. The van der Waals surface area contributed by atoms with Gasteiger partial charge in [-0.15, -0.1) is 22.7 Å². The molecular formula is C10H8BrNO4S3. The van der Waals surface area contributed by atoms with E-state index >= 15 is 0 Å². The normalized spacial score (nSPS) is 11.6. The molecule has 2 N–H and O–H groups in total. The smallest absolute Gasteiger partial charge is 0.345 e. The molecule has 2 heterocycles. The summed E-state index contributed by atoms with van der Waals surface area (Å²) in [5.41, 5.74) is 0. The summed E-state index contributed by atoms with van der Waals surface area (Å²) in [7, 11) is -3.67. The maximum Gasteiger partial charge on any atom is 0.345 e. The molecule has 2 aromatic rings. The molecule has 0 amide bonds. The molecule has 0 aliphatic rings. The highest BCUT2D eigenvalue weighted by molar-refractivity contribution is 9.10. The van der Waals surface area contributed by atoms with Crippen molar-refractivity contribution in [1.82, 2.24) is 4.72 Å². The van der Waals surface area contributed by atoms with Gasteiger partial charge in [0.1, 0.15) is 9.09 Å². The molecule has 9 heteroatoms. The van der Waals surface area contributed by atoms with Gasteiger partial charge < -0.3 is 5.11 Å². The van der Waals surface area contributed by atoms with Gasteiger partial charge in [-0.1, -0.05) is 0 Å². The number of sulfonamides is 1. The van der Waals surface area contributed by atoms with E-state index in [0.717, 1.165) is 20.7 Å². The third-order valence-corrected chi connectivity index (χ3v) is 6.78. The highest BCUT2D eigenvalue weighted by Gasteiger charge is 2.18. The first-order valence-corrected chi connectivity index (χ1v) is 8.91. The lowest BCUT2D eigenvalue weighted by Crippen LogP contribution is -2.21. The molecule has 5 nitrogen and oxygen atoms in total. The Morgan fingerprint density at radius 2 is 2.16 bits per heavy atom. The highest BCUT2D eigenvalue weighted by Crippen LogP contribution is 2.23. The first-order valence-electron chi connectivity index (χ1n) is 4.94. The Balaban J connectivity index is 2.11. The van der Waals surface area contributed by atoms with Gasteiger partial charge in [0.2, 0.25) is 10.0 Å². The van der Waals surface area contributed by atoms with Crippen LogP contribution in [-0.2, 0) is 16.6 Å². The lowest BCUT2D eigenvalue weighted by atomic mass is 10.5. The average molecular weight is 382 g/mol. The molecule has 0 fully saturated rings. The van der Waals surface area contributed by atoms with Crippen molar-refractivity contribution in [3.63, 3.8) is 0 Å². The van der Waals surface area contributed by atoms with Crippen molar-refractivity contribution < 1.29 is 18.3 Å². The topological polar surface area (TPSA) is 83.5 Å². The fourth-order valence-electron chi connectivity index (χ4n) is 1.26. The number of nitrogens with one attached hydrogen (secondary N) is 1. The van der Waals surface area contributed by atoms with E-state index in [-0.39, 0.29) is 15.6 Å². The van der Waals surface area contributed by atoms with E-state index in [9.17, 15) is 13.2 Å². The predicted octanol–water partition coefficient (Wildman–Crippen LogP) is 2.75. The molecule has 0 unspecified atom stereocenters. The molecule has 0 saturated heterocycles. The molecule has 0 atom stereocenters. The SMILES string of the molecule is O=C(O)c1ccc(S(=O)(=O)NCc2cc(Br)cs2)s1. The Bertz CT molecular complexity index is 704. The minimum Gasteiger partial charge on any atom is -0.477 e. The van der Waals surface area contributed by atoms with Crippen LogP contribution in [0.2, 0.25) is 0 Å². The maximum absolute atomic E-state index is 11.9. The standard InChI is InChI=1S/C10H8BrNO4S3/c11-6-3-7(17-5-6)4-12-19(15,16)9-2-1-8(18-9)10(13)14/h1-3,5,12H,4H2,(H,13,14). The van der Waals surface area contributed by atoms with E-state index in [1.165, 1.54) is 23.5 Å². The van der Waals surface area contributed by atoms with Crippen molar-refractivity contribution >= 4 is 54.6 Å². The van der Waals surface area contributed by atoms with Gasteiger partial charge in [-0.25, -0.2) is 17.9 Å². The molecule has 0 saturated carbocycles. The largest absolute Gasteiger partial charge is 0.477 e. The quantitative estimate of drug-likeness (QED) is 0.833. The lowest BCUT2D eigenvalue weighted by Gasteiger charge is -2.02. The van der Waals surface area contributed by atoms with Crippen LogP contribution in [0.3, 0.4) is 0 Å². The summed E-state index contributed by atoms with van der Waals surface area (Å²) in [6.07, 6.45) is 0. The van der Waals surface area contributed by atoms with Crippen LogP contribution in [0.1, 0.15) is 14.5 Å². The van der Waals surface area contributed by atoms with E-state index in [1.54, 1.807) is 0 Å². The fraction of sp³-hybridized carbons (Fsp3) is 0.100. The molecule has 0 aliphatic heterocycles. The fourth-order valence-corrected chi connectivity index (χ4v) is 4.94. The van der Waals surface area contributed by atoms with Crippen LogP contribution in [-0.4, -0.2) is 19.5 Å². The number of hydrogen-bond donors (Lipinski definition) is 2. The first kappa shape index (κ1) is 14.7. The van der Waals surface area contributed by atoms with E-state index < -0.39 is 16.0 Å². The molecule has 0 aliphatic carbocycles. The monoisotopic (exact) mass is 381 g/mol. The maximum atomic E-state index is 11.9. The van der Waals surface area contributed by atoms with E-state index in [2.05, 4.69) is 20.7 Å². The van der Waals surface area contributed by atoms with Crippen molar-refractivity contribution in [2.45, 2.75) is 10.8 Å². The van der Waals surface area contributed by atoms with Crippen molar-refractivity contribution in [2.24, 2.45) is 0 Å². The van der Waals surface area contributed by atoms with Gasteiger partial charge in [0.25, 0.3) is 0 Å². The minimum atomic E-state index is -3.67. The number of carbonyl (C=O) groups is 1. The number of thiophene rings is 2. The third-order valence-electron chi connectivity index (χ3n) is 2.12. The van der Waals surface area contributed by atoms with E-state index in [4.69, 9.17) is 5.11 Å². The van der Waals surface area contributed by atoms with Gasteiger partial charge in [-0.2, -0.15) is 0 Å². The molecule has 0 radical (unpaired) electrons. The van der Waals surface area contributed by atoms with Crippen LogP contribution in [0.25, 0.3) is 0 Å². The number of aromatic carboxylic acids is 1. The molecule has 2 rings (SSSR count). The van der Waals surface area contributed by atoms with Gasteiger partial charge in [-0.05, 0) is 34.1 Å². The predicted molar refractivity (Wildman–Crippen MR) is 77.3 cm³/mol. The van der Waals surface area contributed by atoms with E-state index in [1.807, 2.05) is 11.4 Å².